The topological polar surface area (TPSA) is 32.3 Å². The highest BCUT2D eigenvalue weighted by molar-refractivity contribution is 4.96. The summed E-state index contributed by atoms with van der Waals surface area (Å²) in [4.78, 5) is 0. The molecule has 1 heterocycles. The lowest BCUT2D eigenvalue weighted by Crippen LogP contribution is -2.49. The van der Waals surface area contributed by atoms with Crippen molar-refractivity contribution >= 4 is 0 Å². The molecule has 2 N–H and O–H groups in total. The van der Waals surface area contributed by atoms with Crippen molar-refractivity contribution in [3.63, 3.8) is 0 Å². The first-order valence-electron chi connectivity index (χ1n) is 3.74. The second-order valence-corrected chi connectivity index (χ2v) is 3.29. The number of aliphatic hydroxyl groups excluding tert-OH is 1. The minimum atomic E-state index is 0.398. The minimum Gasteiger partial charge on any atom is -0.396 e. The van der Waals surface area contributed by atoms with Crippen molar-refractivity contribution in [2.45, 2.75) is 18.9 Å². The summed E-state index contributed by atoms with van der Waals surface area (Å²) >= 11 is 0. The Balaban J connectivity index is 1.91. The van der Waals surface area contributed by atoms with Gasteiger partial charge in [-0.15, -0.1) is 0 Å². The Hall–Kier alpha value is -0.0800. The summed E-state index contributed by atoms with van der Waals surface area (Å²) in [6, 6.07) is 0.766. The first-order chi connectivity index (χ1) is 4.40. The lowest BCUT2D eigenvalue weighted by molar-refractivity contribution is 0.227. The molecule has 2 aliphatic rings. The highest BCUT2D eigenvalue weighted by Crippen LogP contribution is 2.35. The van der Waals surface area contributed by atoms with E-state index >= 15 is 0 Å². The van der Waals surface area contributed by atoms with Gasteiger partial charge >= 0.3 is 0 Å². The molecule has 0 bridgehead atoms. The molecule has 2 nitrogen and oxygen atoms in total. The molecule has 2 rings (SSSR count). The Bertz CT molecular complexity index is 103. The molecule has 3 atom stereocenters. The molecule has 0 unspecified atom stereocenters. The van der Waals surface area contributed by atoms with Gasteiger partial charge in [-0.25, -0.2) is 0 Å². The number of fused-ring (bicyclic) bond motifs is 1. The van der Waals surface area contributed by atoms with E-state index in [1.807, 2.05) is 0 Å². The minimum absolute atomic E-state index is 0.398. The lowest BCUT2D eigenvalue weighted by Gasteiger charge is -2.31. The van der Waals surface area contributed by atoms with Crippen molar-refractivity contribution in [3.05, 3.63) is 0 Å². The summed E-state index contributed by atoms with van der Waals surface area (Å²) < 4.78 is 0. The third kappa shape index (κ3) is 0.775. The van der Waals surface area contributed by atoms with E-state index < -0.39 is 0 Å². The predicted molar refractivity (Wildman–Crippen MR) is 35.1 cm³/mol. The predicted octanol–water partition coefficient (Wildman–Crippen LogP) is -0.0233. The zero-order chi connectivity index (χ0) is 6.27. The van der Waals surface area contributed by atoms with E-state index in [4.69, 9.17) is 5.11 Å². The molecule has 1 saturated heterocycles. The van der Waals surface area contributed by atoms with Crippen LogP contribution in [0.5, 0.6) is 0 Å². The summed E-state index contributed by atoms with van der Waals surface area (Å²) in [6.45, 7) is 1.59. The maximum absolute atomic E-state index is 8.80. The van der Waals surface area contributed by atoms with Gasteiger partial charge in [-0.2, -0.15) is 0 Å². The van der Waals surface area contributed by atoms with Crippen LogP contribution in [0.25, 0.3) is 0 Å². The number of hydrogen-bond donors (Lipinski definition) is 2. The Morgan fingerprint density at radius 1 is 1.44 bits per heavy atom. The van der Waals surface area contributed by atoms with E-state index in [0.717, 1.165) is 12.0 Å². The van der Waals surface area contributed by atoms with Gasteiger partial charge in [0.05, 0.1) is 0 Å². The standard InChI is InChI=1S/C7H13NO/c9-4-5-1-6-3-8-7(6)2-5/h5-9H,1-4H2/t5-,6-,7+/m1/s1. The molecule has 0 aromatic heterocycles. The molecule has 0 amide bonds. The number of nitrogens with one attached hydrogen (secondary N) is 1. The molecule has 9 heavy (non-hydrogen) atoms. The summed E-state index contributed by atoms with van der Waals surface area (Å²) in [5, 5.41) is 12.2. The van der Waals surface area contributed by atoms with Crippen molar-refractivity contribution < 1.29 is 5.11 Å². The monoisotopic (exact) mass is 127 g/mol. The highest BCUT2D eigenvalue weighted by atomic mass is 16.3. The van der Waals surface area contributed by atoms with E-state index in [1.54, 1.807) is 0 Å². The second-order valence-electron chi connectivity index (χ2n) is 3.29. The van der Waals surface area contributed by atoms with Crippen LogP contribution in [0.1, 0.15) is 12.8 Å². The van der Waals surface area contributed by atoms with Gasteiger partial charge in [0.2, 0.25) is 0 Å². The van der Waals surface area contributed by atoms with Gasteiger partial charge in [-0.3, -0.25) is 0 Å². The molecule has 0 radical (unpaired) electrons. The van der Waals surface area contributed by atoms with Gasteiger partial charge in [0, 0.05) is 12.6 Å². The highest BCUT2D eigenvalue weighted by Gasteiger charge is 2.39. The summed E-state index contributed by atoms with van der Waals surface area (Å²) in [5.74, 6) is 1.51. The number of rotatable bonds is 1. The van der Waals surface area contributed by atoms with Crippen molar-refractivity contribution in [1.82, 2.24) is 5.32 Å². The number of hydrogen-bond acceptors (Lipinski definition) is 2. The molecule has 0 spiro atoms. The van der Waals surface area contributed by atoms with Crippen LogP contribution in [0.2, 0.25) is 0 Å². The Morgan fingerprint density at radius 2 is 2.33 bits per heavy atom. The van der Waals surface area contributed by atoms with Crippen LogP contribution in [0.3, 0.4) is 0 Å². The molecular formula is C7H13NO. The summed E-state index contributed by atoms with van der Waals surface area (Å²) in [5.41, 5.74) is 0. The fourth-order valence-corrected chi connectivity index (χ4v) is 2.01. The fourth-order valence-electron chi connectivity index (χ4n) is 2.01. The van der Waals surface area contributed by atoms with Crippen molar-refractivity contribution in [2.75, 3.05) is 13.2 Å². The van der Waals surface area contributed by atoms with Crippen molar-refractivity contribution in [2.24, 2.45) is 11.8 Å². The summed E-state index contributed by atoms with van der Waals surface area (Å²) in [7, 11) is 0. The van der Waals surface area contributed by atoms with Crippen LogP contribution in [0.15, 0.2) is 0 Å². The van der Waals surface area contributed by atoms with E-state index in [2.05, 4.69) is 5.32 Å². The maximum atomic E-state index is 8.80. The van der Waals surface area contributed by atoms with Gasteiger partial charge in [-0.05, 0) is 31.2 Å². The van der Waals surface area contributed by atoms with Crippen LogP contribution >= 0.6 is 0 Å². The first-order valence-corrected chi connectivity index (χ1v) is 3.74. The molecule has 2 heteroatoms. The molecule has 1 aliphatic carbocycles. The van der Waals surface area contributed by atoms with E-state index in [-0.39, 0.29) is 0 Å². The van der Waals surface area contributed by atoms with Gasteiger partial charge in [0.15, 0.2) is 0 Å². The van der Waals surface area contributed by atoms with Crippen molar-refractivity contribution in [3.8, 4) is 0 Å². The van der Waals surface area contributed by atoms with Crippen LogP contribution in [-0.4, -0.2) is 24.3 Å². The average Bonchev–Trinajstić information content (AvgIpc) is 2.10. The van der Waals surface area contributed by atoms with Gasteiger partial charge in [0.25, 0.3) is 0 Å². The van der Waals surface area contributed by atoms with E-state index in [9.17, 15) is 0 Å². The molecule has 2 fully saturated rings. The molecule has 0 aromatic carbocycles. The van der Waals surface area contributed by atoms with Crippen LogP contribution in [0, 0.1) is 11.8 Å². The fraction of sp³-hybridized carbons (Fsp3) is 1.00. The van der Waals surface area contributed by atoms with Gasteiger partial charge in [-0.1, -0.05) is 0 Å². The smallest absolute Gasteiger partial charge is 0.0459 e. The second kappa shape index (κ2) is 1.96. The van der Waals surface area contributed by atoms with E-state index in [1.165, 1.54) is 19.4 Å². The third-order valence-electron chi connectivity index (χ3n) is 2.69. The molecular weight excluding hydrogens is 114 g/mol. The van der Waals surface area contributed by atoms with Crippen LogP contribution in [0.4, 0.5) is 0 Å². The first kappa shape index (κ1) is 5.69. The molecule has 52 valence electrons. The average molecular weight is 127 g/mol. The maximum Gasteiger partial charge on any atom is 0.0459 e. The third-order valence-corrected chi connectivity index (χ3v) is 2.69. The van der Waals surface area contributed by atoms with Gasteiger partial charge < -0.3 is 10.4 Å². The Kier molecular flexibility index (Phi) is 1.24. The van der Waals surface area contributed by atoms with Gasteiger partial charge in [0.1, 0.15) is 0 Å². The Labute approximate surface area is 55.3 Å². The van der Waals surface area contributed by atoms with Crippen molar-refractivity contribution in [1.29, 1.82) is 0 Å². The number of aliphatic hydroxyl groups is 1. The zero-order valence-corrected chi connectivity index (χ0v) is 5.51. The Morgan fingerprint density at radius 3 is 2.67 bits per heavy atom. The lowest BCUT2D eigenvalue weighted by atomic mass is 9.96. The SMILES string of the molecule is OC[C@@H]1C[C@@H]2CN[C@H]2C1. The molecule has 1 saturated carbocycles. The van der Waals surface area contributed by atoms with Crippen LogP contribution in [-0.2, 0) is 0 Å². The van der Waals surface area contributed by atoms with E-state index in [0.29, 0.717) is 12.5 Å². The zero-order valence-electron chi connectivity index (χ0n) is 5.51. The quantitative estimate of drug-likeness (QED) is 0.518. The van der Waals surface area contributed by atoms with Crippen LogP contribution < -0.4 is 5.32 Å². The normalized spacial score (nSPS) is 48.3. The molecule has 0 aromatic rings. The largest absolute Gasteiger partial charge is 0.396 e. The molecule has 1 aliphatic heterocycles. The summed E-state index contributed by atoms with van der Waals surface area (Å²) in [6.07, 6.45) is 2.47.